The zero-order valence-electron chi connectivity index (χ0n) is 9.48. The van der Waals surface area contributed by atoms with E-state index >= 15 is 0 Å². The second-order valence-corrected chi connectivity index (χ2v) is 4.42. The summed E-state index contributed by atoms with van der Waals surface area (Å²) in [7, 11) is 0. The minimum Gasteiger partial charge on any atom is -0.310 e. The molecule has 84 valence electrons. The molecule has 1 unspecified atom stereocenters. The Labute approximate surface area is 90.2 Å². The number of nitrogens with one attached hydrogen (secondary N) is 1. The van der Waals surface area contributed by atoms with Gasteiger partial charge in [0.05, 0.1) is 12.6 Å². The van der Waals surface area contributed by atoms with Crippen LogP contribution < -0.4 is 5.32 Å². The maximum atomic E-state index is 4.04. The topological polar surface area (TPSA) is 55.6 Å². The Morgan fingerprint density at radius 2 is 2.33 bits per heavy atom. The van der Waals surface area contributed by atoms with Crippen molar-refractivity contribution in [3.63, 3.8) is 0 Å². The van der Waals surface area contributed by atoms with Gasteiger partial charge in [-0.2, -0.15) is 0 Å². The third-order valence-corrected chi connectivity index (χ3v) is 2.93. The Hall–Kier alpha value is -0.970. The molecule has 1 N–H and O–H groups in total. The summed E-state index contributed by atoms with van der Waals surface area (Å²) in [6.45, 7) is 6.28. The molecule has 5 heteroatoms. The smallest absolute Gasteiger partial charge is 0.165 e. The molecule has 0 spiro atoms. The summed E-state index contributed by atoms with van der Waals surface area (Å²) in [6, 6.07) is 0.570. The van der Waals surface area contributed by atoms with Gasteiger partial charge in [-0.05, 0) is 35.7 Å². The molecule has 1 aliphatic rings. The first kappa shape index (κ1) is 10.5. The zero-order valence-corrected chi connectivity index (χ0v) is 9.48. The zero-order chi connectivity index (χ0) is 10.7. The molecule has 1 aromatic rings. The largest absolute Gasteiger partial charge is 0.310 e. The van der Waals surface area contributed by atoms with Gasteiger partial charge < -0.3 is 5.32 Å². The fourth-order valence-corrected chi connectivity index (χ4v) is 1.51. The molecule has 0 aliphatic heterocycles. The number of nitrogens with zero attached hydrogens (tertiary/aromatic N) is 4. The molecule has 1 fully saturated rings. The quantitative estimate of drug-likeness (QED) is 0.763. The van der Waals surface area contributed by atoms with Crippen molar-refractivity contribution in [2.75, 3.05) is 6.54 Å². The van der Waals surface area contributed by atoms with Crippen LogP contribution in [0, 0.1) is 5.92 Å². The first-order chi connectivity index (χ1) is 7.31. The fraction of sp³-hybridized carbons (Fsp3) is 0.900. The molecule has 1 saturated carbocycles. The van der Waals surface area contributed by atoms with Gasteiger partial charge in [0.15, 0.2) is 5.82 Å². The predicted molar refractivity (Wildman–Crippen MR) is 57.2 cm³/mol. The number of hydrogen-bond acceptors (Lipinski definition) is 4. The molecule has 0 bridgehead atoms. The summed E-state index contributed by atoms with van der Waals surface area (Å²) in [5.74, 6) is 1.69. The van der Waals surface area contributed by atoms with Crippen LogP contribution >= 0.6 is 0 Å². The molecule has 5 nitrogen and oxygen atoms in total. The van der Waals surface area contributed by atoms with E-state index < -0.39 is 0 Å². The van der Waals surface area contributed by atoms with E-state index in [2.05, 4.69) is 34.7 Å². The minimum absolute atomic E-state index is 0.570. The van der Waals surface area contributed by atoms with E-state index in [0.29, 0.717) is 6.04 Å². The summed E-state index contributed by atoms with van der Waals surface area (Å²) in [4.78, 5) is 0. The average Bonchev–Trinajstić information content (AvgIpc) is 2.99. The highest BCUT2D eigenvalue weighted by Gasteiger charge is 2.27. The lowest BCUT2D eigenvalue weighted by Gasteiger charge is -2.09. The second-order valence-electron chi connectivity index (χ2n) is 4.42. The maximum Gasteiger partial charge on any atom is 0.165 e. The van der Waals surface area contributed by atoms with Crippen LogP contribution in [-0.2, 0) is 6.54 Å². The molecule has 0 saturated heterocycles. The molecule has 1 heterocycles. The van der Waals surface area contributed by atoms with Crippen LogP contribution in [0.15, 0.2) is 0 Å². The SMILES string of the molecule is CCC(C)CNCc1nnnn1C1CC1. The van der Waals surface area contributed by atoms with Gasteiger partial charge >= 0.3 is 0 Å². The van der Waals surface area contributed by atoms with Gasteiger partial charge in [-0.1, -0.05) is 20.3 Å². The van der Waals surface area contributed by atoms with Gasteiger partial charge in [-0.25, -0.2) is 4.68 Å². The Balaban J connectivity index is 1.80. The first-order valence-corrected chi connectivity index (χ1v) is 5.78. The number of hydrogen-bond donors (Lipinski definition) is 1. The molecule has 0 amide bonds. The Morgan fingerprint density at radius 3 is 3.00 bits per heavy atom. The van der Waals surface area contributed by atoms with Gasteiger partial charge in [-0.15, -0.1) is 5.10 Å². The molecule has 1 aliphatic carbocycles. The third kappa shape index (κ3) is 2.75. The van der Waals surface area contributed by atoms with Crippen LogP contribution in [0.3, 0.4) is 0 Å². The maximum absolute atomic E-state index is 4.04. The molecule has 1 aromatic heterocycles. The highest BCUT2D eigenvalue weighted by Crippen LogP contribution is 2.34. The minimum atomic E-state index is 0.570. The van der Waals surface area contributed by atoms with E-state index in [0.717, 1.165) is 24.8 Å². The average molecular weight is 209 g/mol. The fourth-order valence-electron chi connectivity index (χ4n) is 1.51. The summed E-state index contributed by atoms with van der Waals surface area (Å²) < 4.78 is 1.96. The van der Waals surface area contributed by atoms with Gasteiger partial charge in [0.25, 0.3) is 0 Å². The van der Waals surface area contributed by atoms with Gasteiger partial charge in [0, 0.05) is 0 Å². The predicted octanol–water partition coefficient (Wildman–Crippen LogP) is 1.14. The number of aromatic nitrogens is 4. The van der Waals surface area contributed by atoms with Crippen molar-refractivity contribution in [3.8, 4) is 0 Å². The summed E-state index contributed by atoms with van der Waals surface area (Å²) >= 11 is 0. The van der Waals surface area contributed by atoms with Crippen molar-refractivity contribution in [3.05, 3.63) is 5.82 Å². The van der Waals surface area contributed by atoms with E-state index in [1.54, 1.807) is 0 Å². The van der Waals surface area contributed by atoms with E-state index in [1.165, 1.54) is 19.3 Å². The summed E-state index contributed by atoms with van der Waals surface area (Å²) in [6.07, 6.45) is 3.66. The van der Waals surface area contributed by atoms with Crippen molar-refractivity contribution in [2.24, 2.45) is 5.92 Å². The van der Waals surface area contributed by atoms with Crippen LogP contribution in [0.1, 0.15) is 45.0 Å². The Bertz CT molecular complexity index is 305. The summed E-state index contributed by atoms with van der Waals surface area (Å²) in [5.41, 5.74) is 0. The molecular weight excluding hydrogens is 190 g/mol. The second kappa shape index (κ2) is 4.70. The van der Waals surface area contributed by atoms with E-state index in [-0.39, 0.29) is 0 Å². The normalized spacial score (nSPS) is 18.0. The van der Waals surface area contributed by atoms with Crippen molar-refractivity contribution in [1.82, 2.24) is 25.5 Å². The number of rotatable bonds is 6. The van der Waals surface area contributed by atoms with Gasteiger partial charge in [0.2, 0.25) is 0 Å². The molecule has 15 heavy (non-hydrogen) atoms. The number of tetrazole rings is 1. The highest BCUT2D eigenvalue weighted by atomic mass is 15.6. The Morgan fingerprint density at radius 1 is 1.53 bits per heavy atom. The first-order valence-electron chi connectivity index (χ1n) is 5.78. The van der Waals surface area contributed by atoms with Crippen molar-refractivity contribution >= 4 is 0 Å². The van der Waals surface area contributed by atoms with Gasteiger partial charge in [-0.3, -0.25) is 0 Å². The molecule has 1 atom stereocenters. The standard InChI is InChI=1S/C10H19N5/c1-3-8(2)6-11-7-10-12-13-14-15(10)9-4-5-9/h8-9,11H,3-7H2,1-2H3. The van der Waals surface area contributed by atoms with Crippen LogP contribution in [-0.4, -0.2) is 26.8 Å². The molecule has 0 radical (unpaired) electrons. The van der Waals surface area contributed by atoms with Crippen molar-refractivity contribution in [1.29, 1.82) is 0 Å². The van der Waals surface area contributed by atoms with Gasteiger partial charge in [0.1, 0.15) is 0 Å². The molecular formula is C10H19N5. The van der Waals surface area contributed by atoms with Crippen LogP contribution in [0.2, 0.25) is 0 Å². The monoisotopic (exact) mass is 209 g/mol. The van der Waals surface area contributed by atoms with Crippen molar-refractivity contribution in [2.45, 2.75) is 45.7 Å². The van der Waals surface area contributed by atoms with E-state index in [1.807, 2.05) is 4.68 Å². The lowest BCUT2D eigenvalue weighted by molar-refractivity contribution is 0.480. The molecule has 0 aromatic carbocycles. The summed E-state index contributed by atoms with van der Waals surface area (Å²) in [5, 5.41) is 15.2. The van der Waals surface area contributed by atoms with Crippen LogP contribution in [0.4, 0.5) is 0 Å². The van der Waals surface area contributed by atoms with Crippen LogP contribution in [0.5, 0.6) is 0 Å². The van der Waals surface area contributed by atoms with E-state index in [9.17, 15) is 0 Å². The van der Waals surface area contributed by atoms with Crippen molar-refractivity contribution < 1.29 is 0 Å². The van der Waals surface area contributed by atoms with E-state index in [4.69, 9.17) is 0 Å². The lowest BCUT2D eigenvalue weighted by atomic mass is 10.1. The third-order valence-electron chi connectivity index (χ3n) is 2.93. The highest BCUT2D eigenvalue weighted by molar-refractivity contribution is 4.89. The lowest BCUT2D eigenvalue weighted by Crippen LogP contribution is -2.22. The molecule has 2 rings (SSSR count). The Kier molecular flexibility index (Phi) is 3.30. The van der Waals surface area contributed by atoms with Crippen LogP contribution in [0.25, 0.3) is 0 Å².